The van der Waals surface area contributed by atoms with Crippen LogP contribution >= 0.6 is 0 Å². The number of rotatable bonds is 1. The van der Waals surface area contributed by atoms with Gasteiger partial charge in [-0.1, -0.05) is 6.92 Å². The van der Waals surface area contributed by atoms with Crippen LogP contribution in [-0.4, -0.2) is 19.0 Å². The summed E-state index contributed by atoms with van der Waals surface area (Å²) < 4.78 is 26.7. The van der Waals surface area contributed by atoms with Crippen LogP contribution in [0.3, 0.4) is 0 Å². The highest BCUT2D eigenvalue weighted by Gasteiger charge is 2.32. The van der Waals surface area contributed by atoms with Gasteiger partial charge in [-0.25, -0.2) is 8.78 Å². The minimum atomic E-state index is -0.918. The molecule has 0 fully saturated rings. The lowest BCUT2D eigenvalue weighted by atomic mass is 10.1. The number of halogens is 2. The van der Waals surface area contributed by atoms with Crippen molar-refractivity contribution in [1.29, 1.82) is 0 Å². The molecule has 0 aromatic heterocycles. The van der Waals surface area contributed by atoms with Gasteiger partial charge in [-0.05, 0) is 18.6 Å². The lowest BCUT2D eigenvalue weighted by Crippen LogP contribution is -2.46. The van der Waals surface area contributed by atoms with Crippen LogP contribution in [0, 0.1) is 11.6 Å². The molecule has 1 aromatic carbocycles. The zero-order chi connectivity index (χ0) is 11.9. The molecule has 86 valence electrons. The van der Waals surface area contributed by atoms with E-state index in [1.165, 1.54) is 11.0 Å². The van der Waals surface area contributed by atoms with Gasteiger partial charge in [0.05, 0.1) is 5.69 Å². The third-order valence-corrected chi connectivity index (χ3v) is 2.84. The standard InChI is InChI=1S/C11H12F2N2O/c1-3-8-11(16)14-7-5-4-6(12)9(13)10(7)15(8)2/h4-5,8H,3H2,1-2H3,(H,14,16). The number of likely N-dealkylation sites (N-methyl/N-ethyl adjacent to an activating group) is 1. The van der Waals surface area contributed by atoms with Crippen LogP contribution in [0.2, 0.25) is 0 Å². The number of carbonyl (C=O) groups is 1. The fourth-order valence-electron chi connectivity index (χ4n) is 1.99. The summed E-state index contributed by atoms with van der Waals surface area (Å²) in [6.45, 7) is 1.82. The Morgan fingerprint density at radius 1 is 1.44 bits per heavy atom. The molecule has 0 aliphatic carbocycles. The summed E-state index contributed by atoms with van der Waals surface area (Å²) in [6, 6.07) is 1.92. The van der Waals surface area contributed by atoms with Crippen LogP contribution in [0.25, 0.3) is 0 Å². The molecule has 1 heterocycles. The maximum absolute atomic E-state index is 13.6. The molecule has 0 spiro atoms. The first-order valence-electron chi connectivity index (χ1n) is 5.08. The molecule has 1 aromatic rings. The minimum Gasteiger partial charge on any atom is -0.358 e. The number of benzene rings is 1. The highest BCUT2D eigenvalue weighted by Crippen LogP contribution is 2.35. The molecule has 0 saturated carbocycles. The van der Waals surface area contributed by atoms with E-state index in [0.717, 1.165) is 6.07 Å². The Morgan fingerprint density at radius 2 is 2.12 bits per heavy atom. The second kappa shape index (κ2) is 3.73. The van der Waals surface area contributed by atoms with Crippen LogP contribution in [0.5, 0.6) is 0 Å². The van der Waals surface area contributed by atoms with Gasteiger partial charge < -0.3 is 10.2 Å². The van der Waals surface area contributed by atoms with Crippen molar-refractivity contribution in [2.24, 2.45) is 0 Å². The molecule has 1 amide bonds. The molecule has 1 aliphatic heterocycles. The van der Waals surface area contributed by atoms with E-state index in [9.17, 15) is 13.6 Å². The fourth-order valence-corrected chi connectivity index (χ4v) is 1.99. The van der Waals surface area contributed by atoms with Crippen LogP contribution in [-0.2, 0) is 4.79 Å². The van der Waals surface area contributed by atoms with Gasteiger partial charge in [-0.15, -0.1) is 0 Å². The SMILES string of the molecule is CCC1C(=O)Nc2ccc(F)c(F)c2N1C. The lowest BCUT2D eigenvalue weighted by Gasteiger charge is -2.34. The third-order valence-electron chi connectivity index (χ3n) is 2.84. The van der Waals surface area contributed by atoms with Crippen molar-refractivity contribution >= 4 is 17.3 Å². The van der Waals surface area contributed by atoms with E-state index in [0.29, 0.717) is 12.1 Å². The van der Waals surface area contributed by atoms with Gasteiger partial charge in [0, 0.05) is 7.05 Å². The van der Waals surface area contributed by atoms with Gasteiger partial charge >= 0.3 is 0 Å². The van der Waals surface area contributed by atoms with Crippen LogP contribution < -0.4 is 10.2 Å². The number of nitrogens with one attached hydrogen (secondary N) is 1. The Kier molecular flexibility index (Phi) is 2.53. The summed E-state index contributed by atoms with van der Waals surface area (Å²) in [5.74, 6) is -2.02. The van der Waals surface area contributed by atoms with E-state index in [2.05, 4.69) is 5.32 Å². The number of carbonyl (C=O) groups excluding carboxylic acids is 1. The smallest absolute Gasteiger partial charge is 0.247 e. The van der Waals surface area contributed by atoms with Crippen LogP contribution in [0.4, 0.5) is 20.2 Å². The van der Waals surface area contributed by atoms with Gasteiger partial charge in [0.15, 0.2) is 11.6 Å². The Bertz CT molecular complexity index is 448. The molecule has 1 unspecified atom stereocenters. The van der Waals surface area contributed by atoms with Crippen LogP contribution in [0.1, 0.15) is 13.3 Å². The molecule has 0 radical (unpaired) electrons. The Hall–Kier alpha value is -1.65. The number of anilines is 2. The number of fused-ring (bicyclic) bond motifs is 1. The molecule has 5 heteroatoms. The van der Waals surface area contributed by atoms with Crippen molar-refractivity contribution in [3.05, 3.63) is 23.8 Å². The maximum atomic E-state index is 13.6. The molecule has 0 bridgehead atoms. The average Bonchev–Trinajstić information content (AvgIpc) is 2.24. The minimum absolute atomic E-state index is 0.117. The molecule has 1 atom stereocenters. The maximum Gasteiger partial charge on any atom is 0.247 e. The summed E-state index contributed by atoms with van der Waals surface area (Å²) >= 11 is 0. The van der Waals surface area contributed by atoms with Crippen molar-refractivity contribution in [2.75, 3.05) is 17.3 Å². The Labute approximate surface area is 92.1 Å². The van der Waals surface area contributed by atoms with Crippen molar-refractivity contribution in [3.8, 4) is 0 Å². The molecular formula is C11H12F2N2O. The van der Waals surface area contributed by atoms with E-state index >= 15 is 0 Å². The topological polar surface area (TPSA) is 32.3 Å². The van der Waals surface area contributed by atoms with Gasteiger partial charge in [0.2, 0.25) is 5.91 Å². The van der Waals surface area contributed by atoms with Gasteiger partial charge in [0.1, 0.15) is 11.7 Å². The first-order valence-corrected chi connectivity index (χ1v) is 5.08. The number of hydrogen-bond acceptors (Lipinski definition) is 2. The first kappa shape index (κ1) is 10.9. The third kappa shape index (κ3) is 1.43. The Balaban J connectivity index is 2.56. The van der Waals surface area contributed by atoms with Crippen LogP contribution in [0.15, 0.2) is 12.1 Å². The average molecular weight is 226 g/mol. The highest BCUT2D eigenvalue weighted by molar-refractivity contribution is 6.03. The van der Waals surface area contributed by atoms with E-state index in [1.807, 2.05) is 6.92 Å². The molecule has 16 heavy (non-hydrogen) atoms. The quantitative estimate of drug-likeness (QED) is 0.795. The van der Waals surface area contributed by atoms with Crippen molar-refractivity contribution in [1.82, 2.24) is 0 Å². The summed E-state index contributed by atoms with van der Waals surface area (Å²) in [5.41, 5.74) is 0.433. The Morgan fingerprint density at radius 3 is 2.75 bits per heavy atom. The molecule has 1 aliphatic rings. The van der Waals surface area contributed by atoms with E-state index < -0.39 is 17.7 Å². The van der Waals surface area contributed by atoms with E-state index in [4.69, 9.17) is 0 Å². The molecule has 0 saturated heterocycles. The summed E-state index contributed by atoms with van der Waals surface area (Å²) in [7, 11) is 1.59. The van der Waals surface area contributed by atoms with E-state index in [1.54, 1.807) is 7.05 Å². The molecule has 1 N–H and O–H groups in total. The number of hydrogen-bond donors (Lipinski definition) is 1. The molecule has 3 nitrogen and oxygen atoms in total. The predicted molar refractivity (Wildman–Crippen MR) is 57.5 cm³/mol. The lowest BCUT2D eigenvalue weighted by molar-refractivity contribution is -0.117. The van der Waals surface area contributed by atoms with Gasteiger partial charge in [0.25, 0.3) is 0 Å². The van der Waals surface area contributed by atoms with Crippen molar-refractivity contribution < 1.29 is 13.6 Å². The van der Waals surface area contributed by atoms with Gasteiger partial charge in [-0.3, -0.25) is 4.79 Å². The second-order valence-electron chi connectivity index (χ2n) is 3.78. The van der Waals surface area contributed by atoms with Crippen molar-refractivity contribution in [2.45, 2.75) is 19.4 Å². The van der Waals surface area contributed by atoms with Gasteiger partial charge in [-0.2, -0.15) is 0 Å². The normalized spacial score (nSPS) is 19.4. The number of nitrogens with zero attached hydrogens (tertiary/aromatic N) is 1. The summed E-state index contributed by atoms with van der Waals surface area (Å²) in [6.07, 6.45) is 0.539. The van der Waals surface area contributed by atoms with Crippen molar-refractivity contribution in [3.63, 3.8) is 0 Å². The summed E-state index contributed by atoms with van der Waals surface area (Å²) in [4.78, 5) is 13.1. The largest absolute Gasteiger partial charge is 0.358 e. The fraction of sp³-hybridized carbons (Fsp3) is 0.364. The van der Waals surface area contributed by atoms with E-state index in [-0.39, 0.29) is 11.6 Å². The molecule has 2 rings (SSSR count). The number of amides is 1. The monoisotopic (exact) mass is 226 g/mol. The zero-order valence-electron chi connectivity index (χ0n) is 9.05. The first-order chi connectivity index (χ1) is 7.56. The predicted octanol–water partition coefficient (Wildman–Crippen LogP) is 2.13. The highest BCUT2D eigenvalue weighted by atomic mass is 19.2. The second-order valence-corrected chi connectivity index (χ2v) is 3.78. The summed E-state index contributed by atoms with van der Waals surface area (Å²) in [5, 5.41) is 2.57. The zero-order valence-corrected chi connectivity index (χ0v) is 9.05. The molecular weight excluding hydrogens is 214 g/mol.